The fourth-order valence-corrected chi connectivity index (χ4v) is 2.18. The van der Waals surface area contributed by atoms with Gasteiger partial charge in [0.2, 0.25) is 0 Å². The van der Waals surface area contributed by atoms with Gasteiger partial charge in [-0.15, -0.1) is 0 Å². The monoisotopic (exact) mass is 373 g/mol. The molecule has 0 saturated heterocycles. The van der Waals surface area contributed by atoms with Gasteiger partial charge in [0.05, 0.1) is 5.69 Å². The van der Waals surface area contributed by atoms with E-state index in [4.69, 9.17) is 0 Å². The van der Waals surface area contributed by atoms with Gasteiger partial charge in [-0.3, -0.25) is 4.79 Å². The van der Waals surface area contributed by atoms with Crippen molar-refractivity contribution >= 4 is 34.2 Å². The standard InChI is InChI=1S/C14H10F2INO/c1-8-6-9(2-4-11(8)16)14(19)18-13-5-3-10(15)7-12(13)17/h2-7H,1H3,(H,18,19). The van der Waals surface area contributed by atoms with Gasteiger partial charge in [-0.1, -0.05) is 0 Å². The lowest BCUT2D eigenvalue weighted by Gasteiger charge is -2.08. The van der Waals surface area contributed by atoms with Gasteiger partial charge in [-0.25, -0.2) is 8.78 Å². The van der Waals surface area contributed by atoms with Crippen LogP contribution in [0.2, 0.25) is 0 Å². The minimum absolute atomic E-state index is 0.354. The van der Waals surface area contributed by atoms with E-state index in [1.807, 2.05) is 22.6 Å². The summed E-state index contributed by atoms with van der Waals surface area (Å²) in [6, 6.07) is 8.22. The molecule has 0 spiro atoms. The minimum Gasteiger partial charge on any atom is -0.321 e. The van der Waals surface area contributed by atoms with E-state index in [0.29, 0.717) is 20.4 Å². The summed E-state index contributed by atoms with van der Waals surface area (Å²) in [4.78, 5) is 12.0. The molecule has 2 nitrogen and oxygen atoms in total. The molecule has 0 aliphatic rings. The number of hydrogen-bond acceptors (Lipinski definition) is 1. The van der Waals surface area contributed by atoms with Gasteiger partial charge >= 0.3 is 0 Å². The second kappa shape index (κ2) is 5.64. The van der Waals surface area contributed by atoms with E-state index < -0.39 is 0 Å². The molecule has 0 aliphatic heterocycles. The number of anilines is 1. The molecule has 1 N–H and O–H groups in total. The topological polar surface area (TPSA) is 29.1 Å². The highest BCUT2D eigenvalue weighted by Crippen LogP contribution is 2.20. The van der Waals surface area contributed by atoms with Gasteiger partial charge in [0, 0.05) is 9.13 Å². The normalized spacial score (nSPS) is 10.3. The van der Waals surface area contributed by atoms with Gasteiger partial charge in [-0.05, 0) is 71.5 Å². The average molecular weight is 373 g/mol. The Morgan fingerprint density at radius 1 is 1.16 bits per heavy atom. The number of halogens is 3. The second-order valence-electron chi connectivity index (χ2n) is 4.04. The number of amides is 1. The fourth-order valence-electron chi connectivity index (χ4n) is 1.57. The van der Waals surface area contributed by atoms with Crippen molar-refractivity contribution in [2.45, 2.75) is 6.92 Å². The van der Waals surface area contributed by atoms with E-state index in [0.717, 1.165) is 0 Å². The number of rotatable bonds is 2. The largest absolute Gasteiger partial charge is 0.321 e. The molecular weight excluding hydrogens is 363 g/mol. The zero-order valence-electron chi connectivity index (χ0n) is 10.0. The Bertz CT molecular complexity index is 643. The number of hydrogen-bond donors (Lipinski definition) is 1. The summed E-state index contributed by atoms with van der Waals surface area (Å²) in [5.74, 6) is -1.07. The number of nitrogens with one attached hydrogen (secondary N) is 1. The molecule has 98 valence electrons. The Labute approximate surface area is 123 Å². The Morgan fingerprint density at radius 3 is 2.53 bits per heavy atom. The predicted octanol–water partition coefficient (Wildman–Crippen LogP) is 4.13. The summed E-state index contributed by atoms with van der Waals surface area (Å²) >= 11 is 1.94. The Hall–Kier alpha value is -1.50. The van der Waals surface area contributed by atoms with Gasteiger partial charge in [0.25, 0.3) is 5.91 Å². The summed E-state index contributed by atoms with van der Waals surface area (Å²) in [6.45, 7) is 1.59. The quantitative estimate of drug-likeness (QED) is 0.789. The molecule has 0 atom stereocenters. The average Bonchev–Trinajstić information content (AvgIpc) is 2.36. The van der Waals surface area contributed by atoms with Crippen LogP contribution in [0, 0.1) is 22.1 Å². The maximum Gasteiger partial charge on any atom is 0.255 e. The highest BCUT2D eigenvalue weighted by molar-refractivity contribution is 14.1. The zero-order valence-corrected chi connectivity index (χ0v) is 12.2. The number of benzene rings is 2. The van der Waals surface area contributed by atoms with E-state index in [2.05, 4.69) is 5.32 Å². The van der Waals surface area contributed by atoms with E-state index in [9.17, 15) is 13.6 Å². The van der Waals surface area contributed by atoms with Crippen LogP contribution in [0.1, 0.15) is 15.9 Å². The van der Waals surface area contributed by atoms with Crippen molar-refractivity contribution < 1.29 is 13.6 Å². The van der Waals surface area contributed by atoms with Crippen molar-refractivity contribution in [1.82, 2.24) is 0 Å². The summed E-state index contributed by atoms with van der Waals surface area (Å²) in [5, 5.41) is 2.66. The van der Waals surface area contributed by atoms with Crippen LogP contribution in [-0.2, 0) is 0 Å². The first-order chi connectivity index (χ1) is 8.97. The first-order valence-corrected chi connectivity index (χ1v) is 6.58. The van der Waals surface area contributed by atoms with Gasteiger partial charge in [-0.2, -0.15) is 0 Å². The summed E-state index contributed by atoms with van der Waals surface area (Å²) in [5.41, 5.74) is 1.29. The molecule has 2 aromatic carbocycles. The highest BCUT2D eigenvalue weighted by atomic mass is 127. The van der Waals surface area contributed by atoms with Crippen molar-refractivity contribution in [3.8, 4) is 0 Å². The number of aryl methyl sites for hydroxylation is 1. The maximum absolute atomic E-state index is 13.1. The fraction of sp³-hybridized carbons (Fsp3) is 0.0714. The SMILES string of the molecule is Cc1cc(C(=O)Nc2ccc(F)cc2I)ccc1F. The Kier molecular flexibility index (Phi) is 4.14. The molecule has 0 saturated carbocycles. The molecule has 5 heteroatoms. The van der Waals surface area contributed by atoms with Crippen LogP contribution in [0.5, 0.6) is 0 Å². The third kappa shape index (κ3) is 3.28. The molecule has 0 aliphatic carbocycles. The van der Waals surface area contributed by atoms with Gasteiger partial charge < -0.3 is 5.32 Å². The highest BCUT2D eigenvalue weighted by Gasteiger charge is 2.10. The van der Waals surface area contributed by atoms with Crippen LogP contribution in [0.15, 0.2) is 36.4 Å². The second-order valence-corrected chi connectivity index (χ2v) is 5.20. The molecule has 0 fully saturated rings. The molecule has 0 radical (unpaired) electrons. The van der Waals surface area contributed by atoms with Crippen molar-refractivity contribution in [3.05, 3.63) is 62.7 Å². The van der Waals surface area contributed by atoms with Crippen molar-refractivity contribution in [2.24, 2.45) is 0 Å². The third-order valence-electron chi connectivity index (χ3n) is 2.60. The molecule has 0 unspecified atom stereocenters. The summed E-state index contributed by atoms with van der Waals surface area (Å²) < 4.78 is 26.7. The smallest absolute Gasteiger partial charge is 0.255 e. The first kappa shape index (κ1) is 13.9. The van der Waals surface area contributed by atoms with Crippen molar-refractivity contribution in [3.63, 3.8) is 0 Å². The van der Waals surface area contributed by atoms with Crippen molar-refractivity contribution in [1.29, 1.82) is 0 Å². The van der Waals surface area contributed by atoms with Crippen LogP contribution in [0.4, 0.5) is 14.5 Å². The van der Waals surface area contributed by atoms with Crippen LogP contribution in [0.3, 0.4) is 0 Å². The number of carbonyl (C=O) groups excluding carboxylic acids is 1. The first-order valence-electron chi connectivity index (χ1n) is 5.50. The van der Waals surface area contributed by atoms with Crippen molar-refractivity contribution in [2.75, 3.05) is 5.32 Å². The molecule has 0 aromatic heterocycles. The molecular formula is C14H10F2INO. The van der Waals surface area contributed by atoms with Crippen LogP contribution in [-0.4, -0.2) is 5.91 Å². The zero-order chi connectivity index (χ0) is 14.0. The van der Waals surface area contributed by atoms with Crippen LogP contribution in [0.25, 0.3) is 0 Å². The molecule has 0 heterocycles. The summed E-state index contributed by atoms with van der Waals surface area (Å²) in [6.07, 6.45) is 0. The van der Waals surface area contributed by atoms with Crippen LogP contribution < -0.4 is 5.32 Å². The van der Waals surface area contributed by atoms with E-state index >= 15 is 0 Å². The van der Waals surface area contributed by atoms with Gasteiger partial charge in [0.1, 0.15) is 11.6 Å². The molecule has 2 aromatic rings. The lowest BCUT2D eigenvalue weighted by molar-refractivity contribution is 0.102. The van der Waals surface area contributed by atoms with Gasteiger partial charge in [0.15, 0.2) is 0 Å². The number of carbonyl (C=O) groups is 1. The lowest BCUT2D eigenvalue weighted by atomic mass is 10.1. The Balaban J connectivity index is 2.23. The van der Waals surface area contributed by atoms with E-state index in [-0.39, 0.29) is 17.5 Å². The third-order valence-corrected chi connectivity index (χ3v) is 3.49. The maximum atomic E-state index is 13.1. The van der Waals surface area contributed by atoms with Crippen LogP contribution >= 0.6 is 22.6 Å². The molecule has 0 bridgehead atoms. The van der Waals surface area contributed by atoms with E-state index in [1.165, 1.54) is 36.4 Å². The molecule has 2 rings (SSSR count). The summed E-state index contributed by atoms with van der Waals surface area (Å²) in [7, 11) is 0. The lowest BCUT2D eigenvalue weighted by Crippen LogP contribution is -2.13. The molecule has 19 heavy (non-hydrogen) atoms. The van der Waals surface area contributed by atoms with E-state index in [1.54, 1.807) is 6.92 Å². The molecule has 1 amide bonds. The minimum atomic E-state index is -0.361. The predicted molar refractivity (Wildman–Crippen MR) is 78.2 cm³/mol. The Morgan fingerprint density at radius 2 is 1.89 bits per heavy atom.